The Balaban J connectivity index is 0.00000147. The summed E-state index contributed by atoms with van der Waals surface area (Å²) in [6, 6.07) is 5.71. The topological polar surface area (TPSA) is 59.6 Å². The van der Waals surface area contributed by atoms with E-state index in [1.807, 2.05) is 23.9 Å². The molecule has 2 heterocycles. The molecule has 1 saturated heterocycles. The van der Waals surface area contributed by atoms with Gasteiger partial charge in [0.1, 0.15) is 0 Å². The maximum absolute atomic E-state index is 11.9. The van der Waals surface area contributed by atoms with Crippen LogP contribution in [-0.4, -0.2) is 36.8 Å². The first kappa shape index (κ1) is 15.3. The lowest BCUT2D eigenvalue weighted by atomic mass is 10.2. The summed E-state index contributed by atoms with van der Waals surface area (Å²) < 4.78 is 10.5. The van der Waals surface area contributed by atoms with Crippen LogP contribution in [0.4, 0.5) is 5.69 Å². The van der Waals surface area contributed by atoms with Crippen LogP contribution in [-0.2, 0) is 4.79 Å². The van der Waals surface area contributed by atoms with E-state index in [4.69, 9.17) is 9.47 Å². The van der Waals surface area contributed by atoms with Crippen LogP contribution in [0.5, 0.6) is 11.5 Å². The Morgan fingerprint density at radius 1 is 1.40 bits per heavy atom. The summed E-state index contributed by atoms with van der Waals surface area (Å²) in [5.74, 6) is 3.56. The van der Waals surface area contributed by atoms with Crippen LogP contribution in [0.2, 0.25) is 0 Å². The fraction of sp³-hybridized carbons (Fsp3) is 0.462. The zero-order valence-electron chi connectivity index (χ0n) is 10.9. The van der Waals surface area contributed by atoms with E-state index < -0.39 is 0 Å². The van der Waals surface area contributed by atoms with Crippen LogP contribution in [0.1, 0.15) is 6.42 Å². The molecular weight excluding hydrogens is 300 g/mol. The van der Waals surface area contributed by atoms with Gasteiger partial charge in [-0.1, -0.05) is 0 Å². The van der Waals surface area contributed by atoms with Crippen molar-refractivity contribution in [3.8, 4) is 11.5 Å². The number of anilines is 1. The standard InChI is InChI=1S/C13H16N2O3S.ClH/c16-13(6-10-7-19-4-3-14-10)15-9-1-2-11-12(5-9)18-8-17-11;/h1-2,5,10,14H,3-4,6-8H2,(H,15,16);1H. The number of carbonyl (C=O) groups excluding carboxylic acids is 1. The molecule has 2 N–H and O–H groups in total. The van der Waals surface area contributed by atoms with Gasteiger partial charge in [0.05, 0.1) is 0 Å². The van der Waals surface area contributed by atoms with E-state index >= 15 is 0 Å². The fourth-order valence-corrected chi connectivity index (χ4v) is 3.11. The molecule has 0 aliphatic carbocycles. The van der Waals surface area contributed by atoms with E-state index in [9.17, 15) is 4.79 Å². The van der Waals surface area contributed by atoms with Gasteiger partial charge in [-0.2, -0.15) is 11.8 Å². The monoisotopic (exact) mass is 316 g/mol. The highest BCUT2D eigenvalue weighted by molar-refractivity contribution is 7.99. The normalized spacial score (nSPS) is 20.1. The van der Waals surface area contributed by atoms with Crippen molar-refractivity contribution in [3.63, 3.8) is 0 Å². The molecule has 3 rings (SSSR count). The van der Waals surface area contributed by atoms with Gasteiger partial charge in [0.2, 0.25) is 12.7 Å². The summed E-state index contributed by atoms with van der Waals surface area (Å²) in [5.41, 5.74) is 0.748. The molecular formula is C13H17ClN2O3S. The average Bonchev–Trinajstić information content (AvgIpc) is 2.87. The number of amides is 1. The predicted molar refractivity (Wildman–Crippen MR) is 82.2 cm³/mol. The zero-order valence-corrected chi connectivity index (χ0v) is 12.5. The maximum Gasteiger partial charge on any atom is 0.231 e. The number of halogens is 1. The fourth-order valence-electron chi connectivity index (χ4n) is 2.16. The average molecular weight is 317 g/mol. The molecule has 0 radical (unpaired) electrons. The minimum atomic E-state index is 0. The second kappa shape index (κ2) is 7.06. The van der Waals surface area contributed by atoms with Crippen molar-refractivity contribution in [1.29, 1.82) is 0 Å². The molecule has 5 nitrogen and oxygen atoms in total. The molecule has 1 atom stereocenters. The summed E-state index contributed by atoms with van der Waals surface area (Å²) in [7, 11) is 0. The minimum absolute atomic E-state index is 0. The van der Waals surface area contributed by atoms with E-state index in [0.29, 0.717) is 12.2 Å². The van der Waals surface area contributed by atoms with Gasteiger partial charge in [-0.15, -0.1) is 12.4 Å². The Morgan fingerprint density at radius 3 is 3.05 bits per heavy atom. The lowest BCUT2D eigenvalue weighted by Gasteiger charge is -2.22. The Labute approximate surface area is 128 Å². The molecule has 0 spiro atoms. The number of carbonyl (C=O) groups is 1. The zero-order chi connectivity index (χ0) is 13.1. The molecule has 0 saturated carbocycles. The van der Waals surface area contributed by atoms with Crippen LogP contribution < -0.4 is 20.1 Å². The summed E-state index contributed by atoms with van der Waals surface area (Å²) in [6.45, 7) is 1.22. The molecule has 1 unspecified atom stereocenters. The van der Waals surface area contributed by atoms with Crippen molar-refractivity contribution < 1.29 is 14.3 Å². The van der Waals surface area contributed by atoms with E-state index in [-0.39, 0.29) is 31.1 Å². The molecule has 0 aromatic heterocycles. The first-order valence-electron chi connectivity index (χ1n) is 6.32. The molecule has 0 bridgehead atoms. The third-order valence-electron chi connectivity index (χ3n) is 3.09. The van der Waals surface area contributed by atoms with Crippen LogP contribution in [0.15, 0.2) is 18.2 Å². The molecule has 2 aliphatic heterocycles. The number of hydrogen-bond donors (Lipinski definition) is 2. The van der Waals surface area contributed by atoms with E-state index in [0.717, 1.165) is 29.5 Å². The van der Waals surface area contributed by atoms with Gasteiger partial charge >= 0.3 is 0 Å². The number of thioether (sulfide) groups is 1. The lowest BCUT2D eigenvalue weighted by molar-refractivity contribution is -0.116. The van der Waals surface area contributed by atoms with Gasteiger partial charge < -0.3 is 20.1 Å². The van der Waals surface area contributed by atoms with Gasteiger partial charge in [-0.05, 0) is 12.1 Å². The number of nitrogens with one attached hydrogen (secondary N) is 2. The van der Waals surface area contributed by atoms with Gasteiger partial charge in [-0.25, -0.2) is 0 Å². The van der Waals surface area contributed by atoms with E-state index in [1.165, 1.54) is 0 Å². The first-order chi connectivity index (χ1) is 9.31. The Bertz CT molecular complexity index is 481. The minimum Gasteiger partial charge on any atom is -0.454 e. The summed E-state index contributed by atoms with van der Waals surface area (Å²) >= 11 is 1.89. The Hall–Kier alpha value is -1.11. The van der Waals surface area contributed by atoms with Crippen molar-refractivity contribution in [2.75, 3.05) is 30.2 Å². The smallest absolute Gasteiger partial charge is 0.231 e. The van der Waals surface area contributed by atoms with Gasteiger partial charge in [0, 0.05) is 42.3 Å². The summed E-state index contributed by atoms with van der Waals surface area (Å²) in [6.07, 6.45) is 0.501. The highest BCUT2D eigenvalue weighted by Gasteiger charge is 2.18. The molecule has 7 heteroatoms. The number of rotatable bonds is 3. The van der Waals surface area contributed by atoms with E-state index in [2.05, 4.69) is 10.6 Å². The molecule has 110 valence electrons. The molecule has 1 aromatic carbocycles. The summed E-state index contributed by atoms with van der Waals surface area (Å²) in [4.78, 5) is 11.9. The van der Waals surface area contributed by atoms with Crippen molar-refractivity contribution in [2.24, 2.45) is 0 Å². The quantitative estimate of drug-likeness (QED) is 0.891. The number of hydrogen-bond acceptors (Lipinski definition) is 5. The molecule has 1 fully saturated rings. The molecule has 1 aromatic rings. The SMILES string of the molecule is Cl.O=C(CC1CSCCN1)Nc1ccc2c(c1)OCO2. The number of benzene rings is 1. The number of fused-ring (bicyclic) bond motifs is 1. The Morgan fingerprint density at radius 2 is 2.25 bits per heavy atom. The summed E-state index contributed by atoms with van der Waals surface area (Å²) in [5, 5.41) is 6.25. The molecule has 20 heavy (non-hydrogen) atoms. The van der Waals surface area contributed by atoms with Crippen LogP contribution in [0.3, 0.4) is 0 Å². The maximum atomic E-state index is 11.9. The molecule has 1 amide bonds. The predicted octanol–water partition coefficient (Wildman–Crippen LogP) is 1.87. The highest BCUT2D eigenvalue weighted by atomic mass is 35.5. The van der Waals surface area contributed by atoms with Gasteiger partial charge in [0.25, 0.3) is 0 Å². The first-order valence-corrected chi connectivity index (χ1v) is 7.47. The van der Waals surface area contributed by atoms with Gasteiger partial charge in [-0.3, -0.25) is 4.79 Å². The lowest BCUT2D eigenvalue weighted by Crippen LogP contribution is -2.39. The second-order valence-electron chi connectivity index (χ2n) is 4.55. The third kappa shape index (κ3) is 3.71. The van der Waals surface area contributed by atoms with Gasteiger partial charge in [0.15, 0.2) is 11.5 Å². The van der Waals surface area contributed by atoms with Crippen LogP contribution >= 0.6 is 24.2 Å². The Kier molecular flexibility index (Phi) is 5.39. The van der Waals surface area contributed by atoms with Crippen molar-refractivity contribution in [2.45, 2.75) is 12.5 Å². The largest absolute Gasteiger partial charge is 0.454 e. The molecule has 2 aliphatic rings. The second-order valence-corrected chi connectivity index (χ2v) is 5.70. The van der Waals surface area contributed by atoms with E-state index in [1.54, 1.807) is 6.07 Å². The highest BCUT2D eigenvalue weighted by Crippen LogP contribution is 2.34. The van der Waals surface area contributed by atoms with Crippen molar-refractivity contribution >= 4 is 35.8 Å². The van der Waals surface area contributed by atoms with Crippen LogP contribution in [0, 0.1) is 0 Å². The number of ether oxygens (including phenoxy) is 2. The third-order valence-corrected chi connectivity index (χ3v) is 4.22. The van der Waals surface area contributed by atoms with Crippen molar-refractivity contribution in [3.05, 3.63) is 18.2 Å². The van der Waals surface area contributed by atoms with Crippen molar-refractivity contribution in [1.82, 2.24) is 5.32 Å². The van der Waals surface area contributed by atoms with Crippen LogP contribution in [0.25, 0.3) is 0 Å².